The van der Waals surface area contributed by atoms with Gasteiger partial charge in [-0.15, -0.1) is 0 Å². The van der Waals surface area contributed by atoms with Gasteiger partial charge < -0.3 is 10.4 Å². The van der Waals surface area contributed by atoms with Crippen molar-refractivity contribution < 1.29 is 14.7 Å². The number of nitrogens with one attached hydrogen (secondary N) is 1. The van der Waals surface area contributed by atoms with Gasteiger partial charge in [-0.1, -0.05) is 0 Å². The summed E-state index contributed by atoms with van der Waals surface area (Å²) in [6, 6.07) is 3.69. The molecule has 0 saturated heterocycles. The van der Waals surface area contributed by atoms with Gasteiger partial charge in [-0.2, -0.15) is 0 Å². The zero-order valence-corrected chi connectivity index (χ0v) is 11.2. The molecule has 106 valence electrons. The summed E-state index contributed by atoms with van der Waals surface area (Å²) >= 11 is 0. The van der Waals surface area contributed by atoms with Crippen molar-refractivity contribution in [2.24, 2.45) is 23.7 Å². The van der Waals surface area contributed by atoms with Crippen molar-refractivity contribution >= 4 is 11.9 Å². The van der Waals surface area contributed by atoms with Crippen LogP contribution in [0.4, 0.5) is 0 Å². The van der Waals surface area contributed by atoms with E-state index in [1.807, 2.05) is 12.1 Å². The molecule has 4 atom stereocenters. The van der Waals surface area contributed by atoms with Gasteiger partial charge in [0, 0.05) is 18.9 Å². The molecule has 2 aliphatic carbocycles. The number of pyridine rings is 1. The van der Waals surface area contributed by atoms with Crippen LogP contribution in [0.3, 0.4) is 0 Å². The summed E-state index contributed by atoms with van der Waals surface area (Å²) in [5, 5.41) is 12.2. The monoisotopic (exact) mass is 274 g/mol. The molecule has 3 rings (SSSR count). The van der Waals surface area contributed by atoms with Crippen LogP contribution in [0.15, 0.2) is 24.5 Å². The molecule has 5 heteroatoms. The van der Waals surface area contributed by atoms with E-state index >= 15 is 0 Å². The van der Waals surface area contributed by atoms with Gasteiger partial charge in [0.25, 0.3) is 0 Å². The Bertz CT molecular complexity index is 517. The Hall–Kier alpha value is -1.91. The molecule has 2 N–H and O–H groups in total. The van der Waals surface area contributed by atoms with E-state index in [4.69, 9.17) is 0 Å². The summed E-state index contributed by atoms with van der Waals surface area (Å²) in [6.45, 7) is 0.432. The van der Waals surface area contributed by atoms with Crippen LogP contribution in [0, 0.1) is 23.7 Å². The Morgan fingerprint density at radius 3 is 2.50 bits per heavy atom. The highest BCUT2D eigenvalue weighted by atomic mass is 16.4. The fourth-order valence-corrected chi connectivity index (χ4v) is 3.83. The number of hydrogen-bond acceptors (Lipinski definition) is 3. The van der Waals surface area contributed by atoms with E-state index in [2.05, 4.69) is 10.3 Å². The molecule has 0 spiro atoms. The average Bonchev–Trinajstić information content (AvgIpc) is 3.06. The van der Waals surface area contributed by atoms with E-state index in [0.717, 1.165) is 24.8 Å². The van der Waals surface area contributed by atoms with Crippen LogP contribution in [0.25, 0.3) is 0 Å². The minimum absolute atomic E-state index is 0.110. The standard InChI is InChI=1S/C15H18N2O3/c18-14(17-8-9-3-5-16-6-4-9)12-10-1-2-11(7-10)13(12)15(19)20/h3-6,10-13H,1-2,7-8H2,(H,17,18)(H,19,20)/t10-,11+,12-,13+/m1/s1. The maximum atomic E-state index is 12.3. The Balaban J connectivity index is 1.66. The summed E-state index contributed by atoms with van der Waals surface area (Å²) in [6.07, 6.45) is 6.19. The van der Waals surface area contributed by atoms with Gasteiger partial charge >= 0.3 is 5.97 Å². The highest BCUT2D eigenvalue weighted by molar-refractivity contribution is 5.86. The molecule has 2 aliphatic rings. The fraction of sp³-hybridized carbons (Fsp3) is 0.533. The lowest BCUT2D eigenvalue weighted by Crippen LogP contribution is -2.41. The molecule has 1 aromatic rings. The van der Waals surface area contributed by atoms with E-state index < -0.39 is 11.9 Å². The highest BCUT2D eigenvalue weighted by Crippen LogP contribution is 2.52. The van der Waals surface area contributed by atoms with Crippen LogP contribution in [-0.2, 0) is 16.1 Å². The lowest BCUT2D eigenvalue weighted by molar-refractivity contribution is -0.149. The lowest BCUT2D eigenvalue weighted by Gasteiger charge is -2.27. The Morgan fingerprint density at radius 1 is 1.20 bits per heavy atom. The number of carbonyl (C=O) groups is 2. The number of carbonyl (C=O) groups excluding carboxylic acids is 1. The Kier molecular flexibility index (Phi) is 3.42. The second-order valence-electron chi connectivity index (χ2n) is 5.80. The van der Waals surface area contributed by atoms with Crippen LogP contribution in [-0.4, -0.2) is 22.0 Å². The van der Waals surface area contributed by atoms with Crippen molar-refractivity contribution in [2.45, 2.75) is 25.8 Å². The van der Waals surface area contributed by atoms with Gasteiger partial charge in [0.2, 0.25) is 5.91 Å². The summed E-state index contributed by atoms with van der Waals surface area (Å²) in [5.41, 5.74) is 0.975. The molecule has 20 heavy (non-hydrogen) atoms. The van der Waals surface area contributed by atoms with Gasteiger partial charge in [0.05, 0.1) is 11.8 Å². The SMILES string of the molecule is O=C(NCc1ccncc1)[C@@H]1[C@@H]2CC[C@@H](C2)[C@@H]1C(=O)O. The maximum Gasteiger partial charge on any atom is 0.307 e. The first-order valence-electron chi connectivity index (χ1n) is 7.06. The molecule has 2 saturated carbocycles. The number of rotatable bonds is 4. The Morgan fingerprint density at radius 2 is 1.85 bits per heavy atom. The zero-order chi connectivity index (χ0) is 14.1. The number of fused-ring (bicyclic) bond motifs is 2. The fourth-order valence-electron chi connectivity index (χ4n) is 3.83. The molecule has 1 amide bonds. The normalized spacial score (nSPS) is 31.2. The minimum atomic E-state index is -0.818. The first-order chi connectivity index (χ1) is 9.66. The first-order valence-corrected chi connectivity index (χ1v) is 7.06. The van der Waals surface area contributed by atoms with Gasteiger partial charge in [0.1, 0.15) is 0 Å². The molecule has 1 aromatic heterocycles. The van der Waals surface area contributed by atoms with E-state index in [9.17, 15) is 14.7 Å². The third kappa shape index (κ3) is 2.28. The first kappa shape index (κ1) is 13.1. The van der Waals surface area contributed by atoms with E-state index in [-0.39, 0.29) is 23.7 Å². The smallest absolute Gasteiger partial charge is 0.307 e. The van der Waals surface area contributed by atoms with Crippen LogP contribution < -0.4 is 5.32 Å². The molecule has 5 nitrogen and oxygen atoms in total. The van der Waals surface area contributed by atoms with Crippen molar-refractivity contribution in [3.8, 4) is 0 Å². The molecule has 1 heterocycles. The molecule has 0 aromatic carbocycles. The summed E-state index contributed by atoms with van der Waals surface area (Å²) < 4.78 is 0. The quantitative estimate of drug-likeness (QED) is 0.871. The number of carboxylic acid groups (broad SMARTS) is 1. The van der Waals surface area contributed by atoms with Gasteiger partial charge in [-0.05, 0) is 48.8 Å². The summed E-state index contributed by atoms with van der Waals surface area (Å²) in [5.74, 6) is -1.34. The largest absolute Gasteiger partial charge is 0.481 e. The van der Waals surface area contributed by atoms with Crippen molar-refractivity contribution in [3.63, 3.8) is 0 Å². The van der Waals surface area contributed by atoms with E-state index in [1.165, 1.54) is 0 Å². The number of amides is 1. The molecule has 2 bridgehead atoms. The van der Waals surface area contributed by atoms with Crippen LogP contribution in [0.1, 0.15) is 24.8 Å². The molecule has 2 fully saturated rings. The van der Waals surface area contributed by atoms with Crippen molar-refractivity contribution in [2.75, 3.05) is 0 Å². The average molecular weight is 274 g/mol. The van der Waals surface area contributed by atoms with Crippen molar-refractivity contribution in [1.82, 2.24) is 10.3 Å². The number of aromatic nitrogens is 1. The predicted molar refractivity (Wildman–Crippen MR) is 71.5 cm³/mol. The van der Waals surface area contributed by atoms with Gasteiger partial charge in [0.15, 0.2) is 0 Å². The summed E-state index contributed by atoms with van der Waals surface area (Å²) in [7, 11) is 0. The zero-order valence-electron chi connectivity index (χ0n) is 11.2. The van der Waals surface area contributed by atoms with Crippen LogP contribution in [0.5, 0.6) is 0 Å². The molecule has 0 aliphatic heterocycles. The number of hydrogen-bond donors (Lipinski definition) is 2. The van der Waals surface area contributed by atoms with Crippen LogP contribution >= 0.6 is 0 Å². The van der Waals surface area contributed by atoms with E-state index in [0.29, 0.717) is 6.54 Å². The second kappa shape index (κ2) is 5.23. The molecule has 0 radical (unpaired) electrons. The predicted octanol–water partition coefficient (Wildman–Crippen LogP) is 1.44. The number of carboxylic acids is 1. The topological polar surface area (TPSA) is 79.3 Å². The third-order valence-electron chi connectivity index (χ3n) is 4.72. The molecular formula is C15H18N2O3. The minimum Gasteiger partial charge on any atom is -0.481 e. The van der Waals surface area contributed by atoms with E-state index in [1.54, 1.807) is 12.4 Å². The second-order valence-corrected chi connectivity index (χ2v) is 5.80. The Labute approximate surface area is 117 Å². The van der Waals surface area contributed by atoms with Gasteiger partial charge in [-0.3, -0.25) is 14.6 Å². The number of aliphatic carboxylic acids is 1. The van der Waals surface area contributed by atoms with Crippen molar-refractivity contribution in [1.29, 1.82) is 0 Å². The lowest BCUT2D eigenvalue weighted by atomic mass is 9.78. The van der Waals surface area contributed by atoms with Crippen molar-refractivity contribution in [3.05, 3.63) is 30.1 Å². The molecular weight excluding hydrogens is 256 g/mol. The molecule has 0 unspecified atom stereocenters. The highest BCUT2D eigenvalue weighted by Gasteiger charge is 2.53. The maximum absolute atomic E-state index is 12.3. The summed E-state index contributed by atoms with van der Waals surface area (Å²) in [4.78, 5) is 27.7. The van der Waals surface area contributed by atoms with Gasteiger partial charge in [-0.25, -0.2) is 0 Å². The number of nitrogens with zero attached hydrogens (tertiary/aromatic N) is 1. The van der Waals surface area contributed by atoms with Crippen LogP contribution in [0.2, 0.25) is 0 Å². The third-order valence-corrected chi connectivity index (χ3v) is 4.72.